The number of rotatable bonds is 5. The Morgan fingerprint density at radius 3 is 2.39 bits per heavy atom. The van der Waals surface area contributed by atoms with Crippen LogP contribution in [0.5, 0.6) is 0 Å². The van der Waals surface area contributed by atoms with Gasteiger partial charge in [0.05, 0.1) is 10.7 Å². The van der Waals surface area contributed by atoms with Crippen LogP contribution < -0.4 is 5.32 Å². The van der Waals surface area contributed by atoms with Gasteiger partial charge in [-0.3, -0.25) is 0 Å². The van der Waals surface area contributed by atoms with E-state index in [1.54, 1.807) is 0 Å². The lowest BCUT2D eigenvalue weighted by Crippen LogP contribution is -2.55. The van der Waals surface area contributed by atoms with Gasteiger partial charge in [-0.05, 0) is 40.8 Å². The molecule has 0 spiro atoms. The summed E-state index contributed by atoms with van der Waals surface area (Å²) in [5.41, 5.74) is 1.50. The van der Waals surface area contributed by atoms with Crippen molar-refractivity contribution in [3.63, 3.8) is 0 Å². The maximum absolute atomic E-state index is 5.56. The molecule has 2 heterocycles. The molecule has 1 fully saturated rings. The molecule has 5 heteroatoms. The molecule has 2 rings (SSSR count). The smallest absolute Gasteiger partial charge is 0.0985 e. The lowest BCUT2D eigenvalue weighted by molar-refractivity contribution is -0.00803. The summed E-state index contributed by atoms with van der Waals surface area (Å²) < 4.78 is 5.56. The fraction of sp³-hybridized carbons (Fsp3) is 0.833. The molecule has 1 aliphatic heterocycles. The highest BCUT2D eigenvalue weighted by molar-refractivity contribution is 7.12. The van der Waals surface area contributed by atoms with Crippen LogP contribution >= 0.6 is 11.3 Å². The molecule has 1 saturated heterocycles. The van der Waals surface area contributed by atoms with Gasteiger partial charge in [-0.1, -0.05) is 20.8 Å². The first kappa shape index (κ1) is 18.8. The highest BCUT2D eigenvalue weighted by Crippen LogP contribution is 2.33. The van der Waals surface area contributed by atoms with Gasteiger partial charge >= 0.3 is 0 Å². The van der Waals surface area contributed by atoms with E-state index in [1.807, 2.05) is 11.3 Å². The van der Waals surface area contributed by atoms with Crippen LogP contribution in [0.25, 0.3) is 0 Å². The summed E-state index contributed by atoms with van der Waals surface area (Å²) in [4.78, 5) is 8.54. The molecule has 0 bridgehead atoms. The molecular weight excluding hydrogens is 306 g/mol. The fourth-order valence-electron chi connectivity index (χ4n) is 3.10. The Morgan fingerprint density at radius 1 is 1.30 bits per heavy atom. The summed E-state index contributed by atoms with van der Waals surface area (Å²) in [7, 11) is 4.38. The van der Waals surface area contributed by atoms with Crippen LogP contribution in [0.3, 0.4) is 0 Å². The number of nitrogens with zero attached hydrogens (tertiary/aromatic N) is 2. The predicted octanol–water partition coefficient (Wildman–Crippen LogP) is 3.51. The van der Waals surface area contributed by atoms with E-state index in [4.69, 9.17) is 9.72 Å². The molecule has 0 radical (unpaired) electrons. The standard InChI is InChI=1S/C18H33N3OS/c1-13(15-14(2)20-16(23-15)17(3,4)5)19-12-18(21(6)7)8-10-22-11-9-18/h13,19H,8-12H2,1-7H3/t13-/m0/s1. The Labute approximate surface area is 145 Å². The first-order valence-corrected chi connectivity index (χ1v) is 9.44. The van der Waals surface area contributed by atoms with Crippen molar-refractivity contribution in [2.45, 2.75) is 64.5 Å². The number of hydrogen-bond donors (Lipinski definition) is 1. The number of ether oxygens (including phenoxy) is 1. The quantitative estimate of drug-likeness (QED) is 0.891. The minimum Gasteiger partial charge on any atom is -0.381 e. The van der Waals surface area contributed by atoms with Gasteiger partial charge in [0.1, 0.15) is 0 Å². The van der Waals surface area contributed by atoms with Crippen molar-refractivity contribution in [2.75, 3.05) is 33.9 Å². The number of nitrogens with one attached hydrogen (secondary N) is 1. The van der Waals surface area contributed by atoms with Gasteiger partial charge in [-0.2, -0.15) is 0 Å². The lowest BCUT2D eigenvalue weighted by Gasteiger charge is -2.43. The minimum atomic E-state index is 0.124. The molecule has 0 aliphatic carbocycles. The zero-order chi connectivity index (χ0) is 17.3. The van der Waals surface area contributed by atoms with Gasteiger partial charge in [0, 0.05) is 41.6 Å². The summed E-state index contributed by atoms with van der Waals surface area (Å²) >= 11 is 1.86. The first-order chi connectivity index (χ1) is 10.7. The van der Waals surface area contributed by atoms with E-state index < -0.39 is 0 Å². The molecule has 1 N–H and O–H groups in total. The molecule has 0 saturated carbocycles. The number of thiazole rings is 1. The zero-order valence-corrected chi connectivity index (χ0v) is 16.6. The maximum atomic E-state index is 5.56. The fourth-order valence-corrected chi connectivity index (χ4v) is 4.25. The topological polar surface area (TPSA) is 37.4 Å². The van der Waals surface area contributed by atoms with Crippen LogP contribution in [-0.4, -0.2) is 49.3 Å². The van der Waals surface area contributed by atoms with Crippen molar-refractivity contribution in [3.05, 3.63) is 15.6 Å². The molecule has 0 aromatic carbocycles. The Bertz CT molecular complexity index is 513. The highest BCUT2D eigenvalue weighted by atomic mass is 32.1. The first-order valence-electron chi connectivity index (χ1n) is 8.62. The van der Waals surface area contributed by atoms with Crippen molar-refractivity contribution < 1.29 is 4.74 Å². The van der Waals surface area contributed by atoms with Gasteiger partial charge in [0.2, 0.25) is 0 Å². The average Bonchev–Trinajstić information content (AvgIpc) is 2.88. The van der Waals surface area contributed by atoms with Crippen LogP contribution in [-0.2, 0) is 10.2 Å². The highest BCUT2D eigenvalue weighted by Gasteiger charge is 2.35. The van der Waals surface area contributed by atoms with Crippen molar-refractivity contribution in [3.8, 4) is 0 Å². The summed E-state index contributed by atoms with van der Waals surface area (Å²) in [5, 5.41) is 5.00. The zero-order valence-electron chi connectivity index (χ0n) is 15.8. The molecule has 1 atom stereocenters. The second kappa shape index (κ2) is 7.18. The van der Waals surface area contributed by atoms with Crippen molar-refractivity contribution in [1.29, 1.82) is 0 Å². The van der Waals surface area contributed by atoms with Gasteiger partial charge in [-0.25, -0.2) is 4.98 Å². The molecule has 1 aromatic heterocycles. The van der Waals surface area contributed by atoms with Gasteiger partial charge in [0.15, 0.2) is 0 Å². The molecule has 0 unspecified atom stereocenters. The summed E-state index contributed by atoms with van der Waals surface area (Å²) in [5.74, 6) is 0. The molecule has 1 aromatic rings. The second-order valence-electron chi connectivity index (χ2n) is 8.05. The molecule has 132 valence electrons. The van der Waals surface area contributed by atoms with E-state index in [0.29, 0.717) is 6.04 Å². The van der Waals surface area contributed by atoms with E-state index in [2.05, 4.69) is 58.9 Å². The van der Waals surface area contributed by atoms with Gasteiger partial charge < -0.3 is 15.0 Å². The van der Waals surface area contributed by atoms with Crippen molar-refractivity contribution in [2.24, 2.45) is 0 Å². The normalized spacial score (nSPS) is 20.0. The molecular formula is C18H33N3OS. The Morgan fingerprint density at radius 2 is 1.91 bits per heavy atom. The van der Waals surface area contributed by atoms with E-state index in [1.165, 1.54) is 15.6 Å². The van der Waals surface area contributed by atoms with Crippen LogP contribution in [0, 0.1) is 6.92 Å². The Hall–Kier alpha value is -0.490. The van der Waals surface area contributed by atoms with E-state index >= 15 is 0 Å². The predicted molar refractivity (Wildman–Crippen MR) is 98.4 cm³/mol. The van der Waals surface area contributed by atoms with Crippen LogP contribution in [0.2, 0.25) is 0 Å². The lowest BCUT2D eigenvalue weighted by atomic mass is 9.88. The number of likely N-dealkylation sites (N-methyl/N-ethyl adjacent to an activating group) is 1. The Balaban J connectivity index is 2.07. The summed E-state index contributed by atoms with van der Waals surface area (Å²) in [6.45, 7) is 13.8. The number of hydrogen-bond acceptors (Lipinski definition) is 5. The van der Waals surface area contributed by atoms with Crippen molar-refractivity contribution >= 4 is 11.3 Å². The molecule has 4 nitrogen and oxygen atoms in total. The monoisotopic (exact) mass is 339 g/mol. The van der Waals surface area contributed by atoms with Gasteiger partial charge in [0.25, 0.3) is 0 Å². The molecule has 1 aliphatic rings. The summed E-state index contributed by atoms with van der Waals surface area (Å²) in [6.07, 6.45) is 2.18. The number of aromatic nitrogens is 1. The third kappa shape index (κ3) is 4.32. The third-order valence-corrected chi connectivity index (χ3v) is 6.74. The van der Waals surface area contributed by atoms with Crippen LogP contribution in [0.15, 0.2) is 0 Å². The molecule has 0 amide bonds. The van der Waals surface area contributed by atoms with Crippen LogP contribution in [0.4, 0.5) is 0 Å². The summed E-state index contributed by atoms with van der Waals surface area (Å²) in [6, 6.07) is 0.336. The minimum absolute atomic E-state index is 0.124. The SMILES string of the molecule is Cc1nc(C(C)(C)C)sc1[C@H](C)NCC1(N(C)C)CCOCC1. The second-order valence-corrected chi connectivity index (χ2v) is 9.08. The maximum Gasteiger partial charge on any atom is 0.0985 e. The van der Waals surface area contributed by atoms with E-state index in [-0.39, 0.29) is 11.0 Å². The number of aryl methyl sites for hydroxylation is 1. The van der Waals surface area contributed by atoms with Crippen LogP contribution in [0.1, 0.15) is 62.2 Å². The van der Waals surface area contributed by atoms with E-state index in [9.17, 15) is 0 Å². The third-order valence-electron chi connectivity index (χ3n) is 4.98. The van der Waals surface area contributed by atoms with E-state index in [0.717, 1.165) is 32.6 Å². The largest absolute Gasteiger partial charge is 0.381 e. The Kier molecular flexibility index (Phi) is 5.88. The van der Waals surface area contributed by atoms with Gasteiger partial charge in [-0.15, -0.1) is 11.3 Å². The average molecular weight is 340 g/mol. The van der Waals surface area contributed by atoms with Crippen molar-refractivity contribution in [1.82, 2.24) is 15.2 Å². The molecule has 23 heavy (non-hydrogen) atoms.